The van der Waals surface area contributed by atoms with Crippen molar-refractivity contribution in [1.29, 1.82) is 0 Å². The molecule has 150 valence electrons. The molecule has 0 radical (unpaired) electrons. The molecule has 6 nitrogen and oxygen atoms in total. The lowest BCUT2D eigenvalue weighted by atomic mass is 10.1. The number of nitrogens with zero attached hydrogens (tertiary/aromatic N) is 2. The van der Waals surface area contributed by atoms with Gasteiger partial charge in [0.15, 0.2) is 11.5 Å². The van der Waals surface area contributed by atoms with Crippen molar-refractivity contribution in [2.75, 3.05) is 47.5 Å². The molecule has 0 aromatic heterocycles. The van der Waals surface area contributed by atoms with Gasteiger partial charge >= 0.3 is 0 Å². The summed E-state index contributed by atoms with van der Waals surface area (Å²) in [6.45, 7) is 6.10. The number of rotatable bonds is 6. The summed E-state index contributed by atoms with van der Waals surface area (Å²) in [5.74, 6) is 1.50. The van der Waals surface area contributed by atoms with E-state index in [-0.39, 0.29) is 5.91 Å². The predicted octanol–water partition coefficient (Wildman–Crippen LogP) is 2.98. The zero-order valence-electron chi connectivity index (χ0n) is 17.0. The number of benzene rings is 2. The van der Waals surface area contributed by atoms with Gasteiger partial charge in [-0.15, -0.1) is 0 Å². The molecule has 1 aliphatic rings. The van der Waals surface area contributed by atoms with Gasteiger partial charge in [0.25, 0.3) is 5.91 Å². The molecule has 3 rings (SSSR count). The van der Waals surface area contributed by atoms with Crippen molar-refractivity contribution < 1.29 is 19.0 Å². The number of hydrogen-bond donors (Lipinski definition) is 0. The lowest BCUT2D eigenvalue weighted by Gasteiger charge is -2.35. The lowest BCUT2D eigenvalue weighted by molar-refractivity contribution is 0.0624. The minimum absolute atomic E-state index is 0.0478. The summed E-state index contributed by atoms with van der Waals surface area (Å²) < 4.78 is 16.1. The van der Waals surface area contributed by atoms with Crippen LogP contribution in [-0.4, -0.2) is 63.2 Å². The molecular weight excluding hydrogens is 356 g/mol. The van der Waals surface area contributed by atoms with Crippen LogP contribution < -0.4 is 14.2 Å². The van der Waals surface area contributed by atoms with E-state index in [1.54, 1.807) is 33.5 Å². The summed E-state index contributed by atoms with van der Waals surface area (Å²) in [5.41, 5.74) is 3.13. The van der Waals surface area contributed by atoms with Crippen LogP contribution in [0.2, 0.25) is 0 Å². The number of aryl methyl sites for hydroxylation is 1. The number of carbonyl (C=O) groups excluding carboxylic acids is 1. The smallest absolute Gasteiger partial charge is 0.257 e. The molecule has 1 saturated heterocycles. The molecule has 2 aromatic rings. The van der Waals surface area contributed by atoms with Crippen LogP contribution in [0.15, 0.2) is 36.4 Å². The second-order valence-corrected chi connectivity index (χ2v) is 6.90. The van der Waals surface area contributed by atoms with Gasteiger partial charge in [-0.1, -0.05) is 24.3 Å². The molecule has 0 aliphatic carbocycles. The number of ether oxygens (including phenoxy) is 3. The first kappa shape index (κ1) is 20.0. The molecule has 1 aliphatic heterocycles. The second-order valence-electron chi connectivity index (χ2n) is 6.90. The van der Waals surface area contributed by atoms with E-state index < -0.39 is 0 Å². The van der Waals surface area contributed by atoms with Crippen molar-refractivity contribution in [2.45, 2.75) is 13.5 Å². The fourth-order valence-corrected chi connectivity index (χ4v) is 3.50. The summed E-state index contributed by atoms with van der Waals surface area (Å²) in [6, 6.07) is 11.8. The Morgan fingerprint density at radius 2 is 1.50 bits per heavy atom. The van der Waals surface area contributed by atoms with E-state index in [1.165, 1.54) is 11.1 Å². The molecule has 1 fully saturated rings. The SMILES string of the molecule is COc1cc(OC)c(C(=O)N2CCN(Cc3ccccc3C)CC2)cc1OC. The molecule has 0 unspecified atom stereocenters. The Bertz CT molecular complexity index is 829. The van der Waals surface area contributed by atoms with E-state index in [4.69, 9.17) is 14.2 Å². The molecule has 0 bridgehead atoms. The Balaban J connectivity index is 1.69. The maximum Gasteiger partial charge on any atom is 0.257 e. The van der Waals surface area contributed by atoms with Crippen LogP contribution >= 0.6 is 0 Å². The van der Waals surface area contributed by atoms with E-state index in [0.29, 0.717) is 35.9 Å². The van der Waals surface area contributed by atoms with Gasteiger partial charge in [-0.2, -0.15) is 0 Å². The third kappa shape index (κ3) is 4.22. The number of hydrogen-bond acceptors (Lipinski definition) is 5. The Morgan fingerprint density at radius 1 is 0.893 bits per heavy atom. The van der Waals surface area contributed by atoms with Crippen molar-refractivity contribution >= 4 is 5.91 Å². The Kier molecular flexibility index (Phi) is 6.41. The Morgan fingerprint density at radius 3 is 2.11 bits per heavy atom. The fraction of sp³-hybridized carbons (Fsp3) is 0.409. The molecule has 0 N–H and O–H groups in total. The maximum atomic E-state index is 13.1. The standard InChI is InChI=1S/C22H28N2O4/c1-16-7-5-6-8-17(16)15-23-9-11-24(12-10-23)22(25)18-13-20(27-3)21(28-4)14-19(18)26-2/h5-8,13-14H,9-12,15H2,1-4H3. The van der Waals surface area contributed by atoms with Crippen LogP contribution in [0.4, 0.5) is 0 Å². The third-order valence-electron chi connectivity index (χ3n) is 5.25. The summed E-state index contributed by atoms with van der Waals surface area (Å²) >= 11 is 0. The highest BCUT2D eigenvalue weighted by molar-refractivity contribution is 5.98. The number of piperazine rings is 1. The second kappa shape index (κ2) is 8.97. The van der Waals surface area contributed by atoms with Gasteiger partial charge in [0, 0.05) is 44.9 Å². The largest absolute Gasteiger partial charge is 0.496 e. The topological polar surface area (TPSA) is 51.2 Å². The number of carbonyl (C=O) groups is 1. The van der Waals surface area contributed by atoms with E-state index >= 15 is 0 Å². The van der Waals surface area contributed by atoms with Crippen LogP contribution in [0.25, 0.3) is 0 Å². The lowest BCUT2D eigenvalue weighted by Crippen LogP contribution is -2.48. The van der Waals surface area contributed by atoms with Crippen molar-refractivity contribution in [1.82, 2.24) is 9.80 Å². The van der Waals surface area contributed by atoms with Gasteiger partial charge in [0.05, 0.1) is 26.9 Å². The molecule has 28 heavy (non-hydrogen) atoms. The molecule has 0 spiro atoms. The Hall–Kier alpha value is -2.73. The van der Waals surface area contributed by atoms with Gasteiger partial charge in [-0.25, -0.2) is 0 Å². The first-order valence-electron chi connectivity index (χ1n) is 9.43. The van der Waals surface area contributed by atoms with Gasteiger partial charge in [0.2, 0.25) is 0 Å². The molecule has 2 aromatic carbocycles. The van der Waals surface area contributed by atoms with Crippen molar-refractivity contribution in [3.63, 3.8) is 0 Å². The zero-order chi connectivity index (χ0) is 20.1. The van der Waals surface area contributed by atoms with E-state index in [9.17, 15) is 4.79 Å². The van der Waals surface area contributed by atoms with Gasteiger partial charge in [0.1, 0.15) is 5.75 Å². The Labute approximate surface area is 166 Å². The fourth-order valence-electron chi connectivity index (χ4n) is 3.50. The van der Waals surface area contributed by atoms with Gasteiger partial charge < -0.3 is 19.1 Å². The van der Waals surface area contributed by atoms with Crippen LogP contribution in [0.5, 0.6) is 17.2 Å². The highest BCUT2D eigenvalue weighted by Crippen LogP contribution is 2.35. The normalized spacial score (nSPS) is 14.6. The van der Waals surface area contributed by atoms with E-state index in [2.05, 4.69) is 36.1 Å². The zero-order valence-corrected chi connectivity index (χ0v) is 17.0. The van der Waals surface area contributed by atoms with E-state index in [0.717, 1.165) is 19.6 Å². The highest BCUT2D eigenvalue weighted by atomic mass is 16.5. The summed E-state index contributed by atoms with van der Waals surface area (Å²) in [4.78, 5) is 17.4. The van der Waals surface area contributed by atoms with Gasteiger partial charge in [-0.3, -0.25) is 9.69 Å². The average Bonchev–Trinajstić information content (AvgIpc) is 2.74. The number of amides is 1. The number of methoxy groups -OCH3 is 3. The first-order chi connectivity index (χ1) is 13.6. The van der Waals surface area contributed by atoms with Crippen LogP contribution in [0.3, 0.4) is 0 Å². The van der Waals surface area contributed by atoms with Crippen LogP contribution in [-0.2, 0) is 6.54 Å². The van der Waals surface area contributed by atoms with Crippen LogP contribution in [0.1, 0.15) is 21.5 Å². The van der Waals surface area contributed by atoms with Crippen LogP contribution in [0, 0.1) is 6.92 Å². The summed E-state index contributed by atoms with van der Waals surface area (Å²) in [5, 5.41) is 0. The summed E-state index contributed by atoms with van der Waals surface area (Å²) in [7, 11) is 4.67. The molecule has 1 heterocycles. The molecule has 1 amide bonds. The first-order valence-corrected chi connectivity index (χ1v) is 9.43. The quantitative estimate of drug-likeness (QED) is 0.766. The minimum Gasteiger partial charge on any atom is -0.496 e. The molecule has 0 saturated carbocycles. The maximum absolute atomic E-state index is 13.1. The molecular formula is C22H28N2O4. The van der Waals surface area contributed by atoms with E-state index in [1.807, 2.05) is 4.90 Å². The molecule has 0 atom stereocenters. The van der Waals surface area contributed by atoms with Crippen molar-refractivity contribution in [3.8, 4) is 17.2 Å². The minimum atomic E-state index is -0.0478. The van der Waals surface area contributed by atoms with Crippen molar-refractivity contribution in [3.05, 3.63) is 53.1 Å². The average molecular weight is 384 g/mol. The molecule has 6 heteroatoms. The highest BCUT2D eigenvalue weighted by Gasteiger charge is 2.26. The van der Waals surface area contributed by atoms with Gasteiger partial charge in [-0.05, 0) is 18.1 Å². The van der Waals surface area contributed by atoms with Crippen molar-refractivity contribution in [2.24, 2.45) is 0 Å². The predicted molar refractivity (Wildman–Crippen MR) is 108 cm³/mol. The summed E-state index contributed by atoms with van der Waals surface area (Å²) in [6.07, 6.45) is 0. The third-order valence-corrected chi connectivity index (χ3v) is 5.25. The monoisotopic (exact) mass is 384 g/mol.